The Morgan fingerprint density at radius 3 is 2.08 bits per heavy atom. The van der Waals surface area contributed by atoms with E-state index in [0.717, 1.165) is 25.7 Å². The highest BCUT2D eigenvalue weighted by atomic mass is 32.2. The summed E-state index contributed by atoms with van der Waals surface area (Å²) >= 11 is 0. The van der Waals surface area contributed by atoms with E-state index < -0.39 is 10.2 Å². The molecule has 0 atom stereocenters. The third-order valence-electron chi connectivity index (χ3n) is 2.10. The van der Waals surface area contributed by atoms with Gasteiger partial charge in [0.15, 0.2) is 0 Å². The van der Waals surface area contributed by atoms with E-state index >= 15 is 0 Å². The average Bonchev–Trinajstić information content (AvgIpc) is 1.91. The summed E-state index contributed by atoms with van der Waals surface area (Å²) in [6.07, 6.45) is 3.32. The van der Waals surface area contributed by atoms with Crippen LogP contribution < -0.4 is 15.6 Å². The maximum atomic E-state index is 10.6. The van der Waals surface area contributed by atoms with Crippen molar-refractivity contribution in [1.29, 1.82) is 0 Å². The molecule has 0 aromatic heterocycles. The van der Waals surface area contributed by atoms with Crippen molar-refractivity contribution in [2.24, 2.45) is 10.9 Å². The molecule has 1 rings (SSSR count). The Hall–Kier alpha value is -0.170. The van der Waals surface area contributed by atoms with Gasteiger partial charge >= 0.3 is 0 Å². The first-order valence-electron chi connectivity index (χ1n) is 4.03. The summed E-state index contributed by atoms with van der Waals surface area (Å²) in [4.78, 5) is 0. The van der Waals surface area contributed by atoms with Crippen LogP contribution in [-0.4, -0.2) is 20.5 Å². The standard InChI is InChI=1S/C6H15N3O2S/c7-5-1-3-6(4-2-5)9-12(8,10)11/h5-6,9H,1-4,7H2,(H2,8,10,11). The molecule has 5 N–H and O–H groups in total. The quantitative estimate of drug-likeness (QED) is 0.527. The zero-order valence-electron chi connectivity index (χ0n) is 6.86. The van der Waals surface area contributed by atoms with Crippen molar-refractivity contribution in [2.75, 3.05) is 0 Å². The number of hydrogen-bond acceptors (Lipinski definition) is 3. The summed E-state index contributed by atoms with van der Waals surface area (Å²) in [5.41, 5.74) is 5.65. The van der Waals surface area contributed by atoms with E-state index in [1.165, 1.54) is 0 Å². The summed E-state index contributed by atoms with van der Waals surface area (Å²) in [6.45, 7) is 0. The molecule has 0 radical (unpaired) electrons. The molecule has 1 aliphatic carbocycles. The third-order valence-corrected chi connectivity index (χ3v) is 2.76. The largest absolute Gasteiger partial charge is 0.328 e. The van der Waals surface area contributed by atoms with Gasteiger partial charge in [-0.05, 0) is 25.7 Å². The van der Waals surface area contributed by atoms with E-state index in [2.05, 4.69) is 4.72 Å². The molecule has 0 spiro atoms. The first-order chi connectivity index (χ1) is 5.47. The molecule has 0 saturated heterocycles. The molecule has 1 fully saturated rings. The topological polar surface area (TPSA) is 98.2 Å². The van der Waals surface area contributed by atoms with Crippen LogP contribution >= 0.6 is 0 Å². The average molecular weight is 193 g/mol. The van der Waals surface area contributed by atoms with Gasteiger partial charge < -0.3 is 5.73 Å². The lowest BCUT2D eigenvalue weighted by molar-refractivity contribution is 0.373. The van der Waals surface area contributed by atoms with Gasteiger partial charge in [-0.15, -0.1) is 0 Å². The van der Waals surface area contributed by atoms with Crippen molar-refractivity contribution in [1.82, 2.24) is 4.72 Å². The molecule has 0 bridgehead atoms. The second-order valence-corrected chi connectivity index (χ2v) is 4.60. The molecule has 0 aliphatic heterocycles. The van der Waals surface area contributed by atoms with E-state index in [9.17, 15) is 8.42 Å². The van der Waals surface area contributed by atoms with Gasteiger partial charge in [-0.3, -0.25) is 0 Å². The van der Waals surface area contributed by atoms with Gasteiger partial charge in [0.2, 0.25) is 0 Å². The molecular formula is C6H15N3O2S. The van der Waals surface area contributed by atoms with Crippen molar-refractivity contribution in [3.05, 3.63) is 0 Å². The first-order valence-corrected chi connectivity index (χ1v) is 5.57. The lowest BCUT2D eigenvalue weighted by Crippen LogP contribution is -2.43. The summed E-state index contributed by atoms with van der Waals surface area (Å²) in [6, 6.07) is 0.211. The van der Waals surface area contributed by atoms with E-state index in [1.54, 1.807) is 0 Å². The second kappa shape index (κ2) is 3.69. The Bertz CT molecular complexity index is 231. The minimum absolute atomic E-state index is 0.0141. The molecule has 1 saturated carbocycles. The van der Waals surface area contributed by atoms with Gasteiger partial charge in [-0.25, -0.2) is 5.14 Å². The van der Waals surface area contributed by atoms with Crippen LogP contribution in [0.25, 0.3) is 0 Å². The van der Waals surface area contributed by atoms with Crippen LogP contribution in [0.15, 0.2) is 0 Å². The maximum absolute atomic E-state index is 10.6. The smallest absolute Gasteiger partial charge is 0.274 e. The molecule has 0 unspecified atom stereocenters. The fourth-order valence-electron chi connectivity index (χ4n) is 1.47. The normalized spacial score (nSPS) is 31.8. The maximum Gasteiger partial charge on any atom is 0.274 e. The Labute approximate surface area is 72.7 Å². The molecule has 0 heterocycles. The van der Waals surface area contributed by atoms with E-state index in [0.29, 0.717) is 0 Å². The van der Waals surface area contributed by atoms with Crippen molar-refractivity contribution >= 4 is 10.2 Å². The van der Waals surface area contributed by atoms with Crippen molar-refractivity contribution in [2.45, 2.75) is 37.8 Å². The fourth-order valence-corrected chi connectivity index (χ4v) is 2.17. The second-order valence-electron chi connectivity index (χ2n) is 3.27. The van der Waals surface area contributed by atoms with Crippen LogP contribution in [0.1, 0.15) is 25.7 Å². The fraction of sp³-hybridized carbons (Fsp3) is 1.00. The summed E-state index contributed by atoms with van der Waals surface area (Å²) in [5, 5.41) is 4.83. The minimum Gasteiger partial charge on any atom is -0.328 e. The lowest BCUT2D eigenvalue weighted by Gasteiger charge is -2.25. The number of nitrogens with one attached hydrogen (secondary N) is 1. The highest BCUT2D eigenvalue weighted by Gasteiger charge is 2.20. The van der Waals surface area contributed by atoms with Crippen LogP contribution in [0, 0.1) is 0 Å². The molecule has 0 aromatic rings. The van der Waals surface area contributed by atoms with Crippen LogP contribution in [0.3, 0.4) is 0 Å². The monoisotopic (exact) mass is 193 g/mol. The molecule has 1 aliphatic rings. The van der Waals surface area contributed by atoms with E-state index in [4.69, 9.17) is 10.9 Å². The number of rotatable bonds is 2. The van der Waals surface area contributed by atoms with Crippen molar-refractivity contribution in [3.8, 4) is 0 Å². The zero-order valence-corrected chi connectivity index (χ0v) is 7.68. The molecule has 12 heavy (non-hydrogen) atoms. The van der Waals surface area contributed by atoms with Crippen LogP contribution in [0.2, 0.25) is 0 Å². The van der Waals surface area contributed by atoms with Gasteiger partial charge in [0.1, 0.15) is 0 Å². The van der Waals surface area contributed by atoms with Crippen LogP contribution in [-0.2, 0) is 10.2 Å². The Kier molecular flexibility index (Phi) is 3.05. The zero-order chi connectivity index (χ0) is 9.19. The SMILES string of the molecule is NC1CCC(NS(N)(=O)=O)CC1. The summed E-state index contributed by atoms with van der Waals surface area (Å²) < 4.78 is 23.6. The Morgan fingerprint density at radius 2 is 1.67 bits per heavy atom. The summed E-state index contributed by atoms with van der Waals surface area (Å²) in [5.74, 6) is 0. The van der Waals surface area contributed by atoms with Crippen molar-refractivity contribution in [3.63, 3.8) is 0 Å². The minimum atomic E-state index is -3.53. The van der Waals surface area contributed by atoms with Gasteiger partial charge in [0, 0.05) is 12.1 Å². The van der Waals surface area contributed by atoms with Crippen LogP contribution in [0.5, 0.6) is 0 Å². The number of hydrogen-bond donors (Lipinski definition) is 3. The molecule has 6 heteroatoms. The Morgan fingerprint density at radius 1 is 1.17 bits per heavy atom. The molecule has 0 aromatic carbocycles. The van der Waals surface area contributed by atoms with Crippen molar-refractivity contribution < 1.29 is 8.42 Å². The Balaban J connectivity index is 2.36. The molecule has 0 amide bonds. The van der Waals surface area contributed by atoms with Gasteiger partial charge in [0.05, 0.1) is 0 Å². The molecule has 5 nitrogen and oxygen atoms in total. The molecular weight excluding hydrogens is 178 g/mol. The lowest BCUT2D eigenvalue weighted by atomic mass is 9.93. The predicted octanol–water partition coefficient (Wildman–Crippen LogP) is -0.951. The first kappa shape index (κ1) is 9.91. The highest BCUT2D eigenvalue weighted by molar-refractivity contribution is 7.87. The highest BCUT2D eigenvalue weighted by Crippen LogP contribution is 2.16. The number of nitrogens with two attached hydrogens (primary N) is 2. The van der Waals surface area contributed by atoms with Crippen LogP contribution in [0.4, 0.5) is 0 Å². The predicted molar refractivity (Wildman–Crippen MR) is 46.5 cm³/mol. The third kappa shape index (κ3) is 3.48. The van der Waals surface area contributed by atoms with E-state index in [1.807, 2.05) is 0 Å². The van der Waals surface area contributed by atoms with Gasteiger partial charge in [-0.2, -0.15) is 13.1 Å². The van der Waals surface area contributed by atoms with Gasteiger partial charge in [-0.1, -0.05) is 0 Å². The molecule has 72 valence electrons. The van der Waals surface area contributed by atoms with Gasteiger partial charge in [0.25, 0.3) is 10.2 Å². The summed E-state index contributed by atoms with van der Waals surface area (Å²) in [7, 11) is -3.53. The van der Waals surface area contributed by atoms with E-state index in [-0.39, 0.29) is 12.1 Å².